The van der Waals surface area contributed by atoms with Crippen molar-refractivity contribution in [1.29, 1.82) is 0 Å². The molecule has 104 valence electrons. The highest BCUT2D eigenvalue weighted by Gasteiger charge is 2.38. The van der Waals surface area contributed by atoms with Gasteiger partial charge in [0.25, 0.3) is 0 Å². The number of amides is 2. The van der Waals surface area contributed by atoms with Crippen LogP contribution in [0.15, 0.2) is 0 Å². The standard InChI is InChI=1S/C14H26N2O2/c1-11(5-4-10-17)15-14(18)16-9-8-12-6-2-3-7-13(12)16/h11-13,17H,2-10H2,1H3,(H,15,18). The maximum Gasteiger partial charge on any atom is 0.317 e. The van der Waals surface area contributed by atoms with Gasteiger partial charge in [0.1, 0.15) is 0 Å². The van der Waals surface area contributed by atoms with Gasteiger partial charge in [0.05, 0.1) is 0 Å². The lowest BCUT2D eigenvalue weighted by Crippen LogP contribution is -2.47. The van der Waals surface area contributed by atoms with E-state index >= 15 is 0 Å². The van der Waals surface area contributed by atoms with Crippen LogP contribution in [0.4, 0.5) is 4.79 Å². The van der Waals surface area contributed by atoms with E-state index in [2.05, 4.69) is 10.2 Å². The van der Waals surface area contributed by atoms with Crippen molar-refractivity contribution in [3.8, 4) is 0 Å². The van der Waals surface area contributed by atoms with Gasteiger partial charge < -0.3 is 15.3 Å². The Hall–Kier alpha value is -0.770. The Balaban J connectivity index is 1.81. The predicted molar refractivity (Wildman–Crippen MR) is 71.4 cm³/mol. The minimum absolute atomic E-state index is 0.106. The third kappa shape index (κ3) is 3.16. The molecule has 4 heteroatoms. The molecule has 1 aliphatic heterocycles. The second kappa shape index (κ2) is 6.41. The van der Waals surface area contributed by atoms with Crippen molar-refractivity contribution in [1.82, 2.24) is 10.2 Å². The minimum Gasteiger partial charge on any atom is -0.396 e. The number of hydrogen-bond donors (Lipinski definition) is 2. The molecule has 3 unspecified atom stereocenters. The summed E-state index contributed by atoms with van der Waals surface area (Å²) in [7, 11) is 0. The molecule has 4 nitrogen and oxygen atoms in total. The lowest BCUT2D eigenvalue weighted by atomic mass is 9.85. The largest absolute Gasteiger partial charge is 0.396 e. The molecule has 2 fully saturated rings. The molecule has 1 heterocycles. The number of nitrogens with one attached hydrogen (secondary N) is 1. The van der Waals surface area contributed by atoms with Gasteiger partial charge in [-0.15, -0.1) is 0 Å². The van der Waals surface area contributed by atoms with Crippen LogP contribution in [0.1, 0.15) is 51.9 Å². The Morgan fingerprint density at radius 1 is 1.39 bits per heavy atom. The smallest absolute Gasteiger partial charge is 0.317 e. The lowest BCUT2D eigenvalue weighted by molar-refractivity contribution is 0.166. The van der Waals surface area contributed by atoms with E-state index in [9.17, 15) is 4.79 Å². The normalized spacial score (nSPS) is 28.9. The van der Waals surface area contributed by atoms with Gasteiger partial charge in [-0.25, -0.2) is 4.79 Å². The quantitative estimate of drug-likeness (QED) is 0.807. The molecule has 0 aromatic heterocycles. The van der Waals surface area contributed by atoms with Crippen molar-refractivity contribution in [2.75, 3.05) is 13.2 Å². The first-order valence-electron chi connectivity index (χ1n) is 7.40. The Morgan fingerprint density at radius 3 is 2.94 bits per heavy atom. The summed E-state index contributed by atoms with van der Waals surface area (Å²) in [5, 5.41) is 11.9. The zero-order chi connectivity index (χ0) is 13.0. The molecule has 0 spiro atoms. The van der Waals surface area contributed by atoms with Crippen LogP contribution in [0.25, 0.3) is 0 Å². The van der Waals surface area contributed by atoms with Crippen molar-refractivity contribution in [3.63, 3.8) is 0 Å². The van der Waals surface area contributed by atoms with Gasteiger partial charge in [0.15, 0.2) is 0 Å². The zero-order valence-electron chi connectivity index (χ0n) is 11.4. The molecule has 3 atom stereocenters. The van der Waals surface area contributed by atoms with E-state index in [4.69, 9.17) is 5.11 Å². The first kappa shape index (κ1) is 13.7. The molecule has 1 saturated heterocycles. The summed E-state index contributed by atoms with van der Waals surface area (Å²) in [6, 6.07) is 0.755. The fraction of sp³-hybridized carbons (Fsp3) is 0.929. The topological polar surface area (TPSA) is 52.6 Å². The third-order valence-corrected chi connectivity index (χ3v) is 4.44. The molecule has 0 aromatic rings. The first-order chi connectivity index (χ1) is 8.72. The monoisotopic (exact) mass is 254 g/mol. The van der Waals surface area contributed by atoms with E-state index in [1.165, 1.54) is 32.1 Å². The van der Waals surface area contributed by atoms with Gasteiger partial charge in [-0.2, -0.15) is 0 Å². The lowest BCUT2D eigenvalue weighted by Gasteiger charge is -2.32. The second-order valence-electron chi connectivity index (χ2n) is 5.81. The summed E-state index contributed by atoms with van der Waals surface area (Å²) in [6.45, 7) is 3.14. The number of aliphatic hydroxyl groups is 1. The maximum absolute atomic E-state index is 12.2. The number of carbonyl (C=O) groups excluding carboxylic acids is 1. The molecule has 2 rings (SSSR count). The number of fused-ring (bicyclic) bond motifs is 1. The summed E-state index contributed by atoms with van der Waals surface area (Å²) in [6.07, 6.45) is 7.88. The number of likely N-dealkylation sites (tertiary alicyclic amines) is 1. The molecule has 0 aromatic carbocycles. The van der Waals surface area contributed by atoms with Crippen LogP contribution in [-0.4, -0.2) is 41.3 Å². The van der Waals surface area contributed by atoms with Gasteiger partial charge in [-0.3, -0.25) is 0 Å². The summed E-state index contributed by atoms with van der Waals surface area (Å²) in [5.41, 5.74) is 0. The SMILES string of the molecule is CC(CCCO)NC(=O)N1CCC2CCCCC21. The van der Waals surface area contributed by atoms with Crippen LogP contribution in [-0.2, 0) is 0 Å². The third-order valence-electron chi connectivity index (χ3n) is 4.44. The van der Waals surface area contributed by atoms with E-state index in [0.717, 1.165) is 25.3 Å². The molecular formula is C14H26N2O2. The highest BCUT2D eigenvalue weighted by molar-refractivity contribution is 5.75. The summed E-state index contributed by atoms with van der Waals surface area (Å²) < 4.78 is 0. The average Bonchev–Trinajstić information content (AvgIpc) is 2.80. The van der Waals surface area contributed by atoms with Gasteiger partial charge in [-0.1, -0.05) is 12.8 Å². The summed E-state index contributed by atoms with van der Waals surface area (Å²) in [5.74, 6) is 0.747. The Kier molecular flexibility index (Phi) is 4.87. The highest BCUT2D eigenvalue weighted by atomic mass is 16.3. The van der Waals surface area contributed by atoms with Crippen LogP contribution < -0.4 is 5.32 Å². The number of aliphatic hydroxyl groups excluding tert-OH is 1. The number of carbonyl (C=O) groups is 1. The van der Waals surface area contributed by atoms with Gasteiger partial charge >= 0.3 is 6.03 Å². The fourth-order valence-corrected chi connectivity index (χ4v) is 3.42. The van der Waals surface area contributed by atoms with E-state index in [0.29, 0.717) is 6.04 Å². The molecule has 0 bridgehead atoms. The van der Waals surface area contributed by atoms with Crippen molar-refractivity contribution in [2.24, 2.45) is 5.92 Å². The number of nitrogens with zero attached hydrogens (tertiary/aromatic N) is 1. The Labute approximate surface area is 110 Å². The van der Waals surface area contributed by atoms with Crippen LogP contribution >= 0.6 is 0 Å². The second-order valence-corrected chi connectivity index (χ2v) is 5.81. The van der Waals surface area contributed by atoms with Gasteiger partial charge in [-0.05, 0) is 44.9 Å². The van der Waals surface area contributed by atoms with Crippen LogP contribution in [0.5, 0.6) is 0 Å². The molecule has 2 N–H and O–H groups in total. The minimum atomic E-state index is 0.106. The van der Waals surface area contributed by atoms with Gasteiger partial charge in [0.2, 0.25) is 0 Å². The van der Waals surface area contributed by atoms with Crippen molar-refractivity contribution in [3.05, 3.63) is 0 Å². The van der Waals surface area contributed by atoms with E-state index in [1.54, 1.807) is 0 Å². The maximum atomic E-state index is 12.2. The van der Waals surface area contributed by atoms with Crippen molar-refractivity contribution < 1.29 is 9.90 Å². The highest BCUT2D eigenvalue weighted by Crippen LogP contribution is 2.36. The van der Waals surface area contributed by atoms with E-state index in [-0.39, 0.29) is 18.7 Å². The van der Waals surface area contributed by atoms with Crippen LogP contribution in [0.3, 0.4) is 0 Å². The molecule has 1 aliphatic carbocycles. The number of hydrogen-bond acceptors (Lipinski definition) is 2. The molecular weight excluding hydrogens is 228 g/mol. The summed E-state index contributed by atoms with van der Waals surface area (Å²) >= 11 is 0. The average molecular weight is 254 g/mol. The van der Waals surface area contributed by atoms with Crippen LogP contribution in [0.2, 0.25) is 0 Å². The number of urea groups is 1. The van der Waals surface area contributed by atoms with E-state index in [1.807, 2.05) is 6.92 Å². The molecule has 1 saturated carbocycles. The molecule has 2 amide bonds. The molecule has 2 aliphatic rings. The zero-order valence-corrected chi connectivity index (χ0v) is 11.4. The molecule has 18 heavy (non-hydrogen) atoms. The predicted octanol–water partition coefficient (Wildman–Crippen LogP) is 2.12. The Bertz CT molecular complexity index is 283. The fourth-order valence-electron chi connectivity index (χ4n) is 3.42. The number of rotatable bonds is 4. The van der Waals surface area contributed by atoms with Crippen molar-refractivity contribution in [2.45, 2.75) is 64.0 Å². The molecule has 0 radical (unpaired) electrons. The summed E-state index contributed by atoms with van der Waals surface area (Å²) in [4.78, 5) is 14.3. The first-order valence-corrected chi connectivity index (χ1v) is 7.40. The van der Waals surface area contributed by atoms with Crippen LogP contribution in [0, 0.1) is 5.92 Å². The Morgan fingerprint density at radius 2 is 2.17 bits per heavy atom. The van der Waals surface area contributed by atoms with E-state index < -0.39 is 0 Å². The van der Waals surface area contributed by atoms with Gasteiger partial charge in [0, 0.05) is 25.2 Å². The van der Waals surface area contributed by atoms with Crippen molar-refractivity contribution >= 4 is 6.03 Å².